The molecule has 0 aliphatic heterocycles. The smallest absolute Gasteiger partial charge is 0.107 e. The van der Waals surface area contributed by atoms with Crippen molar-refractivity contribution in [2.24, 2.45) is 0 Å². The van der Waals surface area contributed by atoms with Gasteiger partial charge in [-0.15, -0.1) is 22.9 Å². The zero-order chi connectivity index (χ0) is 12.7. The van der Waals surface area contributed by atoms with Crippen molar-refractivity contribution in [1.29, 1.82) is 0 Å². The summed E-state index contributed by atoms with van der Waals surface area (Å²) >= 11 is 7.21. The average Bonchev–Trinajstić information content (AvgIpc) is 2.71. The summed E-state index contributed by atoms with van der Waals surface area (Å²) in [5.41, 5.74) is 1.30. The van der Waals surface area contributed by atoms with Crippen LogP contribution in [0.15, 0.2) is 5.38 Å². The third-order valence-corrected chi connectivity index (χ3v) is 3.24. The topological polar surface area (TPSA) is 34.1 Å². The second-order valence-electron chi connectivity index (χ2n) is 4.85. The van der Waals surface area contributed by atoms with Crippen LogP contribution in [0.2, 0.25) is 0 Å². The van der Waals surface area contributed by atoms with Crippen LogP contribution in [0, 0.1) is 0 Å². The maximum absolute atomic E-state index is 5.50. The summed E-state index contributed by atoms with van der Waals surface area (Å²) in [6.45, 7) is 9.50. The zero-order valence-corrected chi connectivity index (χ0v) is 12.3. The molecule has 0 atom stereocenters. The monoisotopic (exact) mass is 276 g/mol. The lowest BCUT2D eigenvalue weighted by Gasteiger charge is -2.14. The minimum atomic E-state index is 0.137. The van der Waals surface area contributed by atoms with Gasteiger partial charge in [0.05, 0.1) is 18.9 Å². The van der Waals surface area contributed by atoms with Crippen LogP contribution < -0.4 is 5.32 Å². The Morgan fingerprint density at radius 1 is 1.41 bits per heavy atom. The van der Waals surface area contributed by atoms with E-state index < -0.39 is 0 Å². The molecule has 0 unspecified atom stereocenters. The Morgan fingerprint density at radius 3 is 2.76 bits per heavy atom. The van der Waals surface area contributed by atoms with E-state index in [-0.39, 0.29) is 5.41 Å². The minimum absolute atomic E-state index is 0.137. The number of nitrogens with one attached hydrogen (secondary N) is 1. The summed E-state index contributed by atoms with van der Waals surface area (Å²) in [6, 6.07) is 0. The van der Waals surface area contributed by atoms with Crippen molar-refractivity contribution in [3.8, 4) is 0 Å². The minimum Gasteiger partial charge on any atom is -0.379 e. The van der Waals surface area contributed by atoms with Gasteiger partial charge in [0.25, 0.3) is 0 Å². The molecular weight excluding hydrogens is 256 g/mol. The summed E-state index contributed by atoms with van der Waals surface area (Å²) in [5, 5.41) is 6.58. The molecule has 1 heterocycles. The van der Waals surface area contributed by atoms with Crippen LogP contribution in [-0.2, 0) is 16.7 Å². The Kier molecular flexibility index (Phi) is 6.41. The van der Waals surface area contributed by atoms with E-state index in [1.807, 2.05) is 0 Å². The quantitative estimate of drug-likeness (QED) is 0.614. The molecule has 0 saturated heterocycles. The molecule has 1 rings (SSSR count). The summed E-state index contributed by atoms with van der Waals surface area (Å²) in [5.74, 6) is 0.557. The van der Waals surface area contributed by atoms with Gasteiger partial charge in [-0.3, -0.25) is 0 Å². The van der Waals surface area contributed by atoms with E-state index in [1.165, 1.54) is 0 Å². The lowest BCUT2D eigenvalue weighted by molar-refractivity contribution is 0.151. The van der Waals surface area contributed by atoms with Crippen LogP contribution in [-0.4, -0.2) is 30.6 Å². The SMILES string of the molecule is CC(C)(C)c1csc(CNCCOCCCl)n1. The Morgan fingerprint density at radius 2 is 2.18 bits per heavy atom. The van der Waals surface area contributed by atoms with Crippen LogP contribution in [0.3, 0.4) is 0 Å². The molecule has 0 aromatic carbocycles. The maximum atomic E-state index is 5.50. The normalized spacial score (nSPS) is 12.0. The molecule has 1 N–H and O–H groups in total. The Bertz CT molecular complexity index is 323. The fourth-order valence-corrected chi connectivity index (χ4v) is 2.33. The molecule has 0 saturated carbocycles. The maximum Gasteiger partial charge on any atom is 0.107 e. The van der Waals surface area contributed by atoms with Crippen LogP contribution >= 0.6 is 22.9 Å². The highest BCUT2D eigenvalue weighted by Gasteiger charge is 2.16. The van der Waals surface area contributed by atoms with Crippen molar-refractivity contribution in [3.05, 3.63) is 16.1 Å². The molecule has 5 heteroatoms. The van der Waals surface area contributed by atoms with Crippen LogP contribution in [0.25, 0.3) is 0 Å². The first kappa shape index (κ1) is 14.9. The van der Waals surface area contributed by atoms with Gasteiger partial charge in [0.1, 0.15) is 5.01 Å². The van der Waals surface area contributed by atoms with Gasteiger partial charge in [-0.1, -0.05) is 20.8 Å². The van der Waals surface area contributed by atoms with Crippen molar-refractivity contribution in [1.82, 2.24) is 10.3 Å². The second kappa shape index (κ2) is 7.31. The highest BCUT2D eigenvalue weighted by molar-refractivity contribution is 7.09. The molecule has 98 valence electrons. The van der Waals surface area contributed by atoms with E-state index in [0.29, 0.717) is 19.1 Å². The van der Waals surface area contributed by atoms with Gasteiger partial charge in [-0.2, -0.15) is 0 Å². The first-order chi connectivity index (χ1) is 8.04. The van der Waals surface area contributed by atoms with Gasteiger partial charge in [0, 0.05) is 29.8 Å². The van der Waals surface area contributed by atoms with E-state index in [4.69, 9.17) is 16.3 Å². The number of nitrogens with zero attached hydrogens (tertiary/aromatic N) is 1. The summed E-state index contributed by atoms with van der Waals surface area (Å²) in [4.78, 5) is 4.61. The van der Waals surface area contributed by atoms with Gasteiger partial charge < -0.3 is 10.1 Å². The van der Waals surface area contributed by atoms with Gasteiger partial charge in [0.2, 0.25) is 0 Å². The molecule has 17 heavy (non-hydrogen) atoms. The van der Waals surface area contributed by atoms with Crippen molar-refractivity contribution in [2.45, 2.75) is 32.7 Å². The number of rotatable bonds is 7. The van der Waals surface area contributed by atoms with E-state index >= 15 is 0 Å². The van der Waals surface area contributed by atoms with Crippen molar-refractivity contribution in [3.63, 3.8) is 0 Å². The molecule has 3 nitrogen and oxygen atoms in total. The number of hydrogen-bond acceptors (Lipinski definition) is 4. The van der Waals surface area contributed by atoms with Gasteiger partial charge in [-0.05, 0) is 0 Å². The van der Waals surface area contributed by atoms with Crippen LogP contribution in [0.1, 0.15) is 31.5 Å². The Labute approximate surface area is 113 Å². The largest absolute Gasteiger partial charge is 0.379 e. The van der Waals surface area contributed by atoms with Gasteiger partial charge >= 0.3 is 0 Å². The van der Waals surface area contributed by atoms with E-state index in [2.05, 4.69) is 36.5 Å². The summed E-state index contributed by atoms with van der Waals surface area (Å²) in [6.07, 6.45) is 0. The molecule has 1 aromatic rings. The van der Waals surface area contributed by atoms with Crippen molar-refractivity contribution < 1.29 is 4.74 Å². The number of thiazole rings is 1. The van der Waals surface area contributed by atoms with Crippen molar-refractivity contribution in [2.75, 3.05) is 25.6 Å². The first-order valence-electron chi connectivity index (χ1n) is 5.83. The molecule has 0 amide bonds. The fraction of sp³-hybridized carbons (Fsp3) is 0.750. The van der Waals surface area contributed by atoms with Crippen LogP contribution in [0.5, 0.6) is 0 Å². The molecular formula is C12H21ClN2OS. The lowest BCUT2D eigenvalue weighted by Crippen LogP contribution is -2.20. The molecule has 0 radical (unpaired) electrons. The Hall–Kier alpha value is -0.160. The fourth-order valence-electron chi connectivity index (χ4n) is 1.23. The molecule has 0 spiro atoms. The number of hydrogen-bond donors (Lipinski definition) is 1. The zero-order valence-electron chi connectivity index (χ0n) is 10.8. The van der Waals surface area contributed by atoms with Crippen LogP contribution in [0.4, 0.5) is 0 Å². The third-order valence-electron chi connectivity index (χ3n) is 2.24. The molecule has 0 bridgehead atoms. The summed E-state index contributed by atoms with van der Waals surface area (Å²) in [7, 11) is 0. The number of aromatic nitrogens is 1. The standard InChI is InChI=1S/C12H21ClN2OS/c1-12(2,3)10-9-17-11(15-10)8-14-5-7-16-6-4-13/h9,14H,4-8H2,1-3H3. The number of ether oxygens (including phenoxy) is 1. The Balaban J connectivity index is 2.21. The second-order valence-corrected chi connectivity index (χ2v) is 6.18. The predicted octanol–water partition coefficient (Wildman–Crippen LogP) is 2.79. The molecule has 1 aromatic heterocycles. The summed E-state index contributed by atoms with van der Waals surface area (Å²) < 4.78 is 5.27. The van der Waals surface area contributed by atoms with E-state index in [0.717, 1.165) is 23.8 Å². The third kappa shape index (κ3) is 5.82. The van der Waals surface area contributed by atoms with E-state index in [9.17, 15) is 0 Å². The van der Waals surface area contributed by atoms with Gasteiger partial charge in [0.15, 0.2) is 0 Å². The lowest BCUT2D eigenvalue weighted by atomic mass is 9.93. The van der Waals surface area contributed by atoms with Crippen molar-refractivity contribution >= 4 is 22.9 Å². The first-order valence-corrected chi connectivity index (χ1v) is 7.25. The highest BCUT2D eigenvalue weighted by atomic mass is 35.5. The average molecular weight is 277 g/mol. The predicted molar refractivity (Wildman–Crippen MR) is 74.1 cm³/mol. The van der Waals surface area contributed by atoms with Gasteiger partial charge in [-0.25, -0.2) is 4.98 Å². The van der Waals surface area contributed by atoms with E-state index in [1.54, 1.807) is 11.3 Å². The molecule has 0 aliphatic carbocycles. The number of alkyl halides is 1. The molecule has 0 fully saturated rings. The highest BCUT2D eigenvalue weighted by Crippen LogP contribution is 2.23. The molecule has 0 aliphatic rings. The number of halogens is 1.